The standard InChI is InChI=1S/C17H19N3O3S/c1-2-13-16(24-20-19-13)17(22)23-10-15(21)18-14-9-5-7-11-6-3-4-8-12(11)14/h3-4,6,8,14H,2,5,7,9-10H2,1H3,(H,18,21)/t14-/m1/s1. The van der Waals surface area contributed by atoms with E-state index in [1.54, 1.807) is 0 Å². The summed E-state index contributed by atoms with van der Waals surface area (Å²) in [5, 5.41) is 6.83. The molecule has 0 radical (unpaired) electrons. The molecule has 24 heavy (non-hydrogen) atoms. The third kappa shape index (κ3) is 3.62. The number of aromatic nitrogens is 2. The average Bonchev–Trinajstić information content (AvgIpc) is 3.09. The number of nitrogens with zero attached hydrogens (tertiary/aromatic N) is 2. The number of benzene rings is 1. The van der Waals surface area contributed by atoms with Crippen molar-refractivity contribution >= 4 is 23.4 Å². The maximum Gasteiger partial charge on any atom is 0.352 e. The third-order valence-electron chi connectivity index (χ3n) is 4.12. The van der Waals surface area contributed by atoms with E-state index in [9.17, 15) is 9.59 Å². The lowest BCUT2D eigenvalue weighted by molar-refractivity contribution is -0.125. The minimum Gasteiger partial charge on any atom is -0.451 e. The maximum atomic E-state index is 12.1. The van der Waals surface area contributed by atoms with Gasteiger partial charge in [0, 0.05) is 0 Å². The minimum atomic E-state index is -0.541. The Labute approximate surface area is 144 Å². The zero-order chi connectivity index (χ0) is 16.9. The molecule has 0 bridgehead atoms. The number of amides is 1. The molecule has 6 nitrogen and oxygen atoms in total. The van der Waals surface area contributed by atoms with Crippen molar-refractivity contribution in [1.29, 1.82) is 0 Å². The van der Waals surface area contributed by atoms with E-state index in [0.717, 1.165) is 36.4 Å². The van der Waals surface area contributed by atoms with Gasteiger partial charge in [-0.1, -0.05) is 35.7 Å². The second-order valence-corrected chi connectivity index (χ2v) is 6.44. The summed E-state index contributed by atoms with van der Waals surface area (Å²) in [6.45, 7) is 1.60. The van der Waals surface area contributed by atoms with Gasteiger partial charge in [-0.25, -0.2) is 4.79 Å². The number of hydrogen-bond donors (Lipinski definition) is 1. The monoisotopic (exact) mass is 345 g/mol. The number of aryl methyl sites for hydroxylation is 2. The van der Waals surface area contributed by atoms with Gasteiger partial charge in [-0.3, -0.25) is 4.79 Å². The van der Waals surface area contributed by atoms with Crippen molar-refractivity contribution in [2.75, 3.05) is 6.61 Å². The van der Waals surface area contributed by atoms with Crippen LogP contribution in [-0.4, -0.2) is 28.1 Å². The van der Waals surface area contributed by atoms with Gasteiger partial charge in [0.25, 0.3) is 5.91 Å². The predicted octanol–water partition coefficient (Wildman–Crippen LogP) is 2.45. The van der Waals surface area contributed by atoms with Gasteiger partial charge in [0.15, 0.2) is 11.5 Å². The Morgan fingerprint density at radius 3 is 3.04 bits per heavy atom. The van der Waals surface area contributed by atoms with Crippen LogP contribution in [0.25, 0.3) is 0 Å². The highest BCUT2D eigenvalue weighted by Gasteiger charge is 2.22. The molecule has 0 saturated carbocycles. The Morgan fingerprint density at radius 2 is 2.21 bits per heavy atom. The highest BCUT2D eigenvalue weighted by atomic mass is 32.1. The van der Waals surface area contributed by atoms with Crippen molar-refractivity contribution < 1.29 is 14.3 Å². The van der Waals surface area contributed by atoms with Gasteiger partial charge in [-0.05, 0) is 48.3 Å². The summed E-state index contributed by atoms with van der Waals surface area (Å²) in [6.07, 6.45) is 3.57. The second kappa shape index (κ2) is 7.53. The molecular formula is C17H19N3O3S. The van der Waals surface area contributed by atoms with Gasteiger partial charge in [0.2, 0.25) is 0 Å². The van der Waals surface area contributed by atoms with Crippen molar-refractivity contribution in [1.82, 2.24) is 14.9 Å². The maximum absolute atomic E-state index is 12.1. The Hall–Kier alpha value is -2.28. The zero-order valence-electron chi connectivity index (χ0n) is 13.4. The van der Waals surface area contributed by atoms with Crippen LogP contribution < -0.4 is 5.32 Å². The number of esters is 1. The van der Waals surface area contributed by atoms with Crippen molar-refractivity contribution in [2.45, 2.75) is 38.6 Å². The van der Waals surface area contributed by atoms with E-state index in [1.165, 1.54) is 5.56 Å². The van der Waals surface area contributed by atoms with Gasteiger partial charge >= 0.3 is 5.97 Å². The fourth-order valence-corrected chi connectivity index (χ4v) is 3.58. The normalized spacial score (nSPS) is 16.3. The van der Waals surface area contributed by atoms with Crippen LogP contribution in [0.1, 0.15) is 52.3 Å². The van der Waals surface area contributed by atoms with Crippen LogP contribution in [0.4, 0.5) is 0 Å². The van der Waals surface area contributed by atoms with Crippen LogP contribution in [0.3, 0.4) is 0 Å². The molecule has 1 amide bonds. The highest BCUT2D eigenvalue weighted by Crippen LogP contribution is 2.29. The first-order valence-corrected chi connectivity index (χ1v) is 8.82. The van der Waals surface area contributed by atoms with Crippen molar-refractivity contribution in [3.8, 4) is 0 Å². The van der Waals surface area contributed by atoms with Crippen molar-refractivity contribution in [3.05, 3.63) is 46.0 Å². The van der Waals surface area contributed by atoms with Crippen LogP contribution in [-0.2, 0) is 22.4 Å². The quantitative estimate of drug-likeness (QED) is 0.842. The molecule has 0 saturated heterocycles. The van der Waals surface area contributed by atoms with E-state index < -0.39 is 5.97 Å². The fraction of sp³-hybridized carbons (Fsp3) is 0.412. The van der Waals surface area contributed by atoms with Gasteiger partial charge < -0.3 is 10.1 Å². The Morgan fingerprint density at radius 1 is 1.38 bits per heavy atom. The van der Waals surface area contributed by atoms with Crippen molar-refractivity contribution in [3.63, 3.8) is 0 Å². The van der Waals surface area contributed by atoms with Crippen LogP contribution >= 0.6 is 11.5 Å². The molecule has 2 aromatic rings. The molecule has 1 aromatic heterocycles. The molecule has 1 aromatic carbocycles. The molecule has 0 unspecified atom stereocenters. The summed E-state index contributed by atoms with van der Waals surface area (Å²) in [5.74, 6) is -0.832. The SMILES string of the molecule is CCc1nnsc1C(=O)OCC(=O)N[C@@H]1CCCc2ccccc21. The van der Waals surface area contributed by atoms with Crippen LogP contribution in [0.15, 0.2) is 24.3 Å². The first kappa shape index (κ1) is 16.6. The first-order valence-electron chi connectivity index (χ1n) is 8.04. The molecule has 1 aliphatic carbocycles. The zero-order valence-corrected chi connectivity index (χ0v) is 14.3. The molecule has 1 aliphatic rings. The second-order valence-electron chi connectivity index (χ2n) is 5.69. The number of nitrogens with one attached hydrogen (secondary N) is 1. The lowest BCUT2D eigenvalue weighted by atomic mass is 9.88. The summed E-state index contributed by atoms with van der Waals surface area (Å²) < 4.78 is 8.85. The number of fused-ring (bicyclic) bond motifs is 1. The summed E-state index contributed by atoms with van der Waals surface area (Å²) in [6, 6.07) is 8.11. The van der Waals surface area contributed by atoms with Crippen LogP contribution in [0.2, 0.25) is 0 Å². The molecule has 7 heteroatoms. The van der Waals surface area contributed by atoms with E-state index in [0.29, 0.717) is 17.0 Å². The van der Waals surface area contributed by atoms with E-state index >= 15 is 0 Å². The van der Waals surface area contributed by atoms with Crippen LogP contribution in [0, 0.1) is 0 Å². The summed E-state index contributed by atoms with van der Waals surface area (Å²) in [4.78, 5) is 24.5. The predicted molar refractivity (Wildman–Crippen MR) is 89.8 cm³/mol. The molecule has 0 spiro atoms. The number of carbonyl (C=O) groups excluding carboxylic acids is 2. The topological polar surface area (TPSA) is 81.2 Å². The minimum absolute atomic E-state index is 0.0163. The Bertz CT molecular complexity index is 744. The largest absolute Gasteiger partial charge is 0.451 e. The number of hydrogen-bond acceptors (Lipinski definition) is 6. The van der Waals surface area contributed by atoms with Gasteiger partial charge in [0.05, 0.1) is 11.7 Å². The molecule has 126 valence electrons. The third-order valence-corrected chi connectivity index (χ3v) is 4.86. The molecule has 3 rings (SSSR count). The molecule has 1 heterocycles. The number of carbonyl (C=O) groups is 2. The molecule has 1 N–H and O–H groups in total. The summed E-state index contributed by atoms with van der Waals surface area (Å²) in [7, 11) is 0. The van der Waals surface area contributed by atoms with Gasteiger partial charge in [0.1, 0.15) is 0 Å². The van der Waals surface area contributed by atoms with Gasteiger partial charge in [-0.2, -0.15) is 0 Å². The van der Waals surface area contributed by atoms with E-state index in [-0.39, 0.29) is 18.6 Å². The highest BCUT2D eigenvalue weighted by molar-refractivity contribution is 7.07. The first-order chi connectivity index (χ1) is 11.7. The number of ether oxygens (including phenoxy) is 1. The lowest BCUT2D eigenvalue weighted by Crippen LogP contribution is -2.34. The van der Waals surface area contributed by atoms with E-state index in [2.05, 4.69) is 21.0 Å². The van der Waals surface area contributed by atoms with Crippen molar-refractivity contribution in [2.24, 2.45) is 0 Å². The molecule has 0 fully saturated rings. The summed E-state index contributed by atoms with van der Waals surface area (Å²) >= 11 is 0.993. The average molecular weight is 345 g/mol. The fourth-order valence-electron chi connectivity index (χ4n) is 2.93. The Kier molecular flexibility index (Phi) is 5.20. The Balaban J connectivity index is 1.56. The van der Waals surface area contributed by atoms with E-state index in [1.807, 2.05) is 25.1 Å². The van der Waals surface area contributed by atoms with Crippen LogP contribution in [0.5, 0.6) is 0 Å². The molecule has 1 atom stereocenters. The molecule has 0 aliphatic heterocycles. The lowest BCUT2D eigenvalue weighted by Gasteiger charge is -2.26. The van der Waals surface area contributed by atoms with E-state index in [4.69, 9.17) is 4.74 Å². The van der Waals surface area contributed by atoms with Gasteiger partial charge in [-0.15, -0.1) is 5.10 Å². The molecular weight excluding hydrogens is 326 g/mol. The smallest absolute Gasteiger partial charge is 0.352 e. The summed E-state index contributed by atoms with van der Waals surface area (Å²) in [5.41, 5.74) is 3.03. The number of rotatable bonds is 5.